The normalized spacial score (nSPS) is 16.9. The number of anilines is 1. The Morgan fingerprint density at radius 3 is 2.15 bits per heavy atom. The molecule has 1 N–H and O–H groups in total. The highest BCUT2D eigenvalue weighted by Gasteiger charge is 2.13. The second kappa shape index (κ2) is 7.20. The molecule has 2 rings (SSSR count). The van der Waals surface area contributed by atoms with Crippen molar-refractivity contribution in [2.24, 2.45) is 0 Å². The monoisotopic (exact) mass is 282 g/mol. The highest BCUT2D eigenvalue weighted by Crippen LogP contribution is 2.11. The fourth-order valence-electron chi connectivity index (χ4n) is 2.00. The minimum atomic E-state index is 0.249. The Hall–Kier alpha value is -1.67. The number of ether oxygens (including phenoxy) is 2. The quantitative estimate of drug-likeness (QED) is 0.752. The number of aromatic nitrogens is 3. The lowest BCUT2D eigenvalue weighted by molar-refractivity contribution is 0.158. The fourth-order valence-corrected chi connectivity index (χ4v) is 2.00. The van der Waals surface area contributed by atoms with Gasteiger partial charge in [0.05, 0.1) is 14.2 Å². The van der Waals surface area contributed by atoms with E-state index in [-0.39, 0.29) is 12.0 Å². The summed E-state index contributed by atoms with van der Waals surface area (Å²) < 4.78 is 10.0. The third-order valence-electron chi connectivity index (χ3n) is 3.27. The van der Waals surface area contributed by atoms with E-state index in [0.29, 0.717) is 5.95 Å². The van der Waals surface area contributed by atoms with Crippen LogP contribution in [0, 0.1) is 0 Å². The Balaban J connectivity index is 1.81. The second-order valence-electron chi connectivity index (χ2n) is 4.70. The number of rotatable bonds is 6. The van der Waals surface area contributed by atoms with Crippen LogP contribution < -0.4 is 14.8 Å². The van der Waals surface area contributed by atoms with Gasteiger partial charge in [0.25, 0.3) is 0 Å². The molecule has 0 unspecified atom stereocenters. The molecule has 1 fully saturated rings. The van der Waals surface area contributed by atoms with Gasteiger partial charge in [-0.2, -0.15) is 9.97 Å². The molecule has 1 aromatic heterocycles. The summed E-state index contributed by atoms with van der Waals surface area (Å²) in [7, 11) is 5.19. The third kappa shape index (κ3) is 4.17. The molecule has 1 saturated heterocycles. The van der Waals surface area contributed by atoms with E-state index < -0.39 is 0 Å². The zero-order valence-electron chi connectivity index (χ0n) is 12.3. The van der Waals surface area contributed by atoms with Gasteiger partial charge in [-0.1, -0.05) is 0 Å². The van der Waals surface area contributed by atoms with Crippen molar-refractivity contribution in [2.75, 3.05) is 65.9 Å². The van der Waals surface area contributed by atoms with Crippen LogP contribution in [0.1, 0.15) is 0 Å². The average molecular weight is 282 g/mol. The lowest BCUT2D eigenvalue weighted by Gasteiger charge is -2.32. The number of hydrogen-bond donors (Lipinski definition) is 1. The predicted molar refractivity (Wildman–Crippen MR) is 75.4 cm³/mol. The van der Waals surface area contributed by atoms with Crippen LogP contribution in [0.3, 0.4) is 0 Å². The zero-order valence-corrected chi connectivity index (χ0v) is 12.3. The summed E-state index contributed by atoms with van der Waals surface area (Å²) >= 11 is 0. The molecule has 0 radical (unpaired) electrons. The molecule has 0 amide bonds. The van der Waals surface area contributed by atoms with Crippen molar-refractivity contribution in [1.82, 2.24) is 24.8 Å². The van der Waals surface area contributed by atoms with Crippen molar-refractivity contribution in [1.29, 1.82) is 0 Å². The third-order valence-corrected chi connectivity index (χ3v) is 3.27. The van der Waals surface area contributed by atoms with E-state index in [1.807, 2.05) is 0 Å². The summed E-state index contributed by atoms with van der Waals surface area (Å²) in [4.78, 5) is 17.0. The zero-order chi connectivity index (χ0) is 14.4. The van der Waals surface area contributed by atoms with E-state index in [9.17, 15) is 0 Å². The molecule has 0 bridgehead atoms. The molecule has 8 nitrogen and oxygen atoms in total. The van der Waals surface area contributed by atoms with Crippen LogP contribution in [0.15, 0.2) is 0 Å². The Kier molecular flexibility index (Phi) is 5.31. The first kappa shape index (κ1) is 14.7. The number of likely N-dealkylation sites (N-methyl/N-ethyl adjacent to an activating group) is 1. The van der Waals surface area contributed by atoms with Crippen molar-refractivity contribution in [3.05, 3.63) is 0 Å². The summed E-state index contributed by atoms with van der Waals surface area (Å²) in [6.45, 7) is 6.18. The highest BCUT2D eigenvalue weighted by atomic mass is 16.5. The Morgan fingerprint density at radius 1 is 1.00 bits per heavy atom. The van der Waals surface area contributed by atoms with Crippen LogP contribution >= 0.6 is 0 Å². The fraction of sp³-hybridized carbons (Fsp3) is 0.750. The van der Waals surface area contributed by atoms with Gasteiger partial charge in [0, 0.05) is 39.3 Å². The van der Waals surface area contributed by atoms with Crippen molar-refractivity contribution < 1.29 is 9.47 Å². The first-order chi connectivity index (χ1) is 9.71. The lowest BCUT2D eigenvalue weighted by atomic mass is 10.3. The Labute approximate surface area is 119 Å². The summed E-state index contributed by atoms with van der Waals surface area (Å²) in [6.07, 6.45) is 0. The van der Waals surface area contributed by atoms with Gasteiger partial charge >= 0.3 is 12.0 Å². The van der Waals surface area contributed by atoms with Gasteiger partial charge in [0.2, 0.25) is 5.95 Å². The molecular weight excluding hydrogens is 260 g/mol. The molecule has 112 valence electrons. The van der Waals surface area contributed by atoms with Crippen molar-refractivity contribution >= 4 is 5.95 Å². The molecule has 20 heavy (non-hydrogen) atoms. The van der Waals surface area contributed by atoms with E-state index in [1.165, 1.54) is 14.2 Å². The topological polar surface area (TPSA) is 75.6 Å². The average Bonchev–Trinajstić information content (AvgIpc) is 2.49. The first-order valence-corrected chi connectivity index (χ1v) is 6.70. The Bertz CT molecular complexity index is 400. The highest BCUT2D eigenvalue weighted by molar-refractivity contribution is 5.27. The second-order valence-corrected chi connectivity index (χ2v) is 4.70. The minimum absolute atomic E-state index is 0.249. The van der Waals surface area contributed by atoms with Gasteiger partial charge in [-0.3, -0.25) is 4.90 Å². The van der Waals surface area contributed by atoms with E-state index in [1.54, 1.807) is 0 Å². The van der Waals surface area contributed by atoms with Gasteiger partial charge in [0.1, 0.15) is 0 Å². The van der Waals surface area contributed by atoms with Gasteiger partial charge in [0.15, 0.2) is 0 Å². The summed E-state index contributed by atoms with van der Waals surface area (Å²) in [6, 6.07) is 0.498. The minimum Gasteiger partial charge on any atom is -0.467 e. The lowest BCUT2D eigenvalue weighted by Crippen LogP contribution is -2.45. The summed E-state index contributed by atoms with van der Waals surface area (Å²) in [5.41, 5.74) is 0. The van der Waals surface area contributed by atoms with E-state index in [4.69, 9.17) is 9.47 Å². The number of nitrogens with zero attached hydrogens (tertiary/aromatic N) is 5. The van der Waals surface area contributed by atoms with Crippen LogP contribution in [0.2, 0.25) is 0 Å². The van der Waals surface area contributed by atoms with Gasteiger partial charge in [-0.05, 0) is 7.05 Å². The number of nitrogens with one attached hydrogen (secondary N) is 1. The van der Waals surface area contributed by atoms with E-state index in [0.717, 1.165) is 39.3 Å². The Morgan fingerprint density at radius 2 is 1.60 bits per heavy atom. The number of piperazine rings is 1. The van der Waals surface area contributed by atoms with Gasteiger partial charge in [-0.15, -0.1) is 4.98 Å². The van der Waals surface area contributed by atoms with Crippen LogP contribution in [-0.4, -0.2) is 85.3 Å². The van der Waals surface area contributed by atoms with Crippen molar-refractivity contribution in [2.45, 2.75) is 0 Å². The molecule has 1 aromatic rings. The molecule has 0 atom stereocenters. The molecular formula is C12H22N6O2. The molecule has 0 spiro atoms. The SMILES string of the molecule is COc1nc(NCCN2CCN(C)CC2)nc(OC)n1. The summed E-state index contributed by atoms with van der Waals surface area (Å²) in [5.74, 6) is 0.475. The number of hydrogen-bond acceptors (Lipinski definition) is 8. The van der Waals surface area contributed by atoms with E-state index >= 15 is 0 Å². The van der Waals surface area contributed by atoms with Crippen LogP contribution in [0.25, 0.3) is 0 Å². The molecule has 0 aromatic carbocycles. The van der Waals surface area contributed by atoms with Gasteiger partial charge in [-0.25, -0.2) is 0 Å². The molecule has 0 saturated carbocycles. The van der Waals surface area contributed by atoms with Crippen molar-refractivity contribution in [3.8, 4) is 12.0 Å². The van der Waals surface area contributed by atoms with Gasteiger partial charge < -0.3 is 19.7 Å². The summed E-state index contributed by atoms with van der Waals surface area (Å²) in [5, 5.41) is 3.18. The van der Waals surface area contributed by atoms with Crippen LogP contribution in [-0.2, 0) is 0 Å². The standard InChI is InChI=1S/C12H22N6O2/c1-17-6-8-18(9-7-17)5-4-13-10-14-11(19-2)16-12(15-10)20-3/h4-9H2,1-3H3,(H,13,14,15,16). The molecule has 0 aliphatic carbocycles. The number of methoxy groups -OCH3 is 2. The van der Waals surface area contributed by atoms with Crippen LogP contribution in [0.4, 0.5) is 5.95 Å². The largest absolute Gasteiger partial charge is 0.467 e. The first-order valence-electron chi connectivity index (χ1n) is 6.70. The predicted octanol–water partition coefficient (Wildman–Crippen LogP) is -0.452. The maximum absolute atomic E-state index is 5.01. The molecule has 2 heterocycles. The molecule has 1 aliphatic rings. The smallest absolute Gasteiger partial charge is 0.324 e. The van der Waals surface area contributed by atoms with Crippen LogP contribution in [0.5, 0.6) is 12.0 Å². The van der Waals surface area contributed by atoms with Crippen molar-refractivity contribution in [3.63, 3.8) is 0 Å². The maximum Gasteiger partial charge on any atom is 0.324 e. The maximum atomic E-state index is 5.01. The molecule has 8 heteroatoms. The van der Waals surface area contributed by atoms with E-state index in [2.05, 4.69) is 37.1 Å². The molecule has 1 aliphatic heterocycles.